The summed E-state index contributed by atoms with van der Waals surface area (Å²) < 4.78 is 1.58. The third kappa shape index (κ3) is 2.21. The summed E-state index contributed by atoms with van der Waals surface area (Å²) in [5.74, 6) is 0.685. The van der Waals surface area contributed by atoms with Crippen molar-refractivity contribution in [3.63, 3.8) is 0 Å². The van der Waals surface area contributed by atoms with E-state index in [4.69, 9.17) is 0 Å². The molecule has 1 atom stereocenters. The van der Waals surface area contributed by atoms with Crippen LogP contribution < -0.4 is 0 Å². The average Bonchev–Trinajstić information content (AvgIpc) is 2.91. The molecule has 96 valence electrons. The normalized spacial score (nSPS) is 18.2. The molecule has 0 saturated heterocycles. The first kappa shape index (κ1) is 12.2. The van der Waals surface area contributed by atoms with Gasteiger partial charge in [-0.25, -0.2) is 4.57 Å². The minimum absolute atomic E-state index is 0.0332. The van der Waals surface area contributed by atoms with E-state index in [0.29, 0.717) is 11.0 Å². The van der Waals surface area contributed by atoms with Crippen molar-refractivity contribution in [1.82, 2.24) is 14.8 Å². The first-order valence-electron chi connectivity index (χ1n) is 6.03. The van der Waals surface area contributed by atoms with Crippen LogP contribution in [0.1, 0.15) is 21.7 Å². The van der Waals surface area contributed by atoms with Crippen molar-refractivity contribution in [1.29, 1.82) is 0 Å². The minimum Gasteiger partial charge on any atom is -0.272 e. The number of carbonyl (C=O) groups excluding carboxylic acids is 1. The van der Waals surface area contributed by atoms with Gasteiger partial charge < -0.3 is 0 Å². The van der Waals surface area contributed by atoms with Gasteiger partial charge in [0.05, 0.1) is 0 Å². The fourth-order valence-corrected chi connectivity index (χ4v) is 2.97. The van der Waals surface area contributed by atoms with Gasteiger partial charge >= 0.3 is 0 Å². The molecule has 1 aromatic carbocycles. The van der Waals surface area contributed by atoms with Crippen molar-refractivity contribution in [2.75, 3.05) is 0 Å². The molecular weight excluding hydrogens is 258 g/mol. The van der Waals surface area contributed by atoms with Crippen molar-refractivity contribution in [2.45, 2.75) is 24.3 Å². The van der Waals surface area contributed by atoms with Crippen LogP contribution in [-0.2, 0) is 0 Å². The van der Waals surface area contributed by atoms with Gasteiger partial charge in [-0.2, -0.15) is 0 Å². The molecule has 2 aromatic rings. The third-order valence-electron chi connectivity index (χ3n) is 3.03. The zero-order valence-corrected chi connectivity index (χ0v) is 11.5. The van der Waals surface area contributed by atoms with Crippen LogP contribution >= 0.6 is 11.8 Å². The number of carbonyl (C=O) groups is 1. The topological polar surface area (TPSA) is 47.8 Å². The summed E-state index contributed by atoms with van der Waals surface area (Å²) in [5, 5.41) is 8.36. The summed E-state index contributed by atoms with van der Waals surface area (Å²) in [5.41, 5.74) is 2.32. The fraction of sp³-hybridized carbons (Fsp3) is 0.214. The molecule has 0 amide bonds. The molecule has 19 heavy (non-hydrogen) atoms. The predicted molar refractivity (Wildman–Crippen MR) is 75.2 cm³/mol. The highest BCUT2D eigenvalue weighted by Gasteiger charge is 2.32. The standard InChI is InChI=1S/C14H13N3OS/c1-9-3-5-11(6-4-9)7-8-12-13(18)17-10(2)15-16-14(17)19-12/h3-8,12H,1-2H3/b8-7-. The third-order valence-corrected chi connectivity index (χ3v) is 4.12. The van der Waals surface area contributed by atoms with Crippen LogP contribution in [0.4, 0.5) is 0 Å². The average molecular weight is 271 g/mol. The lowest BCUT2D eigenvalue weighted by molar-refractivity contribution is 0.0919. The van der Waals surface area contributed by atoms with Crippen LogP contribution in [-0.4, -0.2) is 25.9 Å². The van der Waals surface area contributed by atoms with Crippen molar-refractivity contribution in [2.24, 2.45) is 0 Å². The zero-order valence-electron chi connectivity index (χ0n) is 10.7. The molecular formula is C14H13N3OS. The summed E-state index contributed by atoms with van der Waals surface area (Å²) in [6.07, 6.45) is 3.90. The van der Waals surface area contributed by atoms with Gasteiger partial charge in [0.1, 0.15) is 11.1 Å². The molecule has 3 rings (SSSR count). The summed E-state index contributed by atoms with van der Waals surface area (Å²) in [6.45, 7) is 3.85. The van der Waals surface area contributed by atoms with Gasteiger partial charge in [-0.3, -0.25) is 4.79 Å². The number of benzene rings is 1. The van der Waals surface area contributed by atoms with Crippen molar-refractivity contribution >= 4 is 23.7 Å². The van der Waals surface area contributed by atoms with Crippen LogP contribution in [0.2, 0.25) is 0 Å². The molecule has 0 fully saturated rings. The second kappa shape index (κ2) is 4.66. The number of rotatable bonds is 2. The maximum Gasteiger partial charge on any atom is 0.251 e. The van der Waals surface area contributed by atoms with Gasteiger partial charge in [0.2, 0.25) is 0 Å². The Morgan fingerprint density at radius 1 is 1.21 bits per heavy atom. The van der Waals surface area contributed by atoms with Gasteiger partial charge in [-0.05, 0) is 19.4 Å². The summed E-state index contributed by atoms with van der Waals surface area (Å²) in [6, 6.07) is 8.20. The smallest absolute Gasteiger partial charge is 0.251 e. The van der Waals surface area contributed by atoms with Gasteiger partial charge in [-0.1, -0.05) is 53.7 Å². The van der Waals surface area contributed by atoms with Gasteiger partial charge in [0.25, 0.3) is 5.91 Å². The molecule has 1 unspecified atom stereocenters. The number of hydrogen-bond acceptors (Lipinski definition) is 4. The second-order valence-electron chi connectivity index (χ2n) is 4.51. The molecule has 0 bridgehead atoms. The highest BCUT2D eigenvalue weighted by atomic mass is 32.2. The van der Waals surface area contributed by atoms with E-state index in [1.807, 2.05) is 24.3 Å². The van der Waals surface area contributed by atoms with Crippen LogP contribution in [0.5, 0.6) is 0 Å². The molecule has 1 aliphatic heterocycles. The van der Waals surface area contributed by atoms with E-state index >= 15 is 0 Å². The lowest BCUT2D eigenvalue weighted by atomic mass is 10.1. The largest absolute Gasteiger partial charge is 0.272 e. The molecule has 4 nitrogen and oxygen atoms in total. The monoisotopic (exact) mass is 271 g/mol. The lowest BCUT2D eigenvalue weighted by Crippen LogP contribution is -2.16. The van der Waals surface area contributed by atoms with E-state index in [1.54, 1.807) is 11.5 Å². The van der Waals surface area contributed by atoms with E-state index in [9.17, 15) is 4.79 Å². The summed E-state index contributed by atoms with van der Waals surface area (Å²) in [4.78, 5) is 12.2. The first-order chi connectivity index (χ1) is 9.15. The maximum absolute atomic E-state index is 12.2. The molecule has 1 aliphatic rings. The molecule has 0 spiro atoms. The van der Waals surface area contributed by atoms with Gasteiger partial charge in [-0.15, -0.1) is 10.2 Å². The number of aromatic nitrogens is 3. The molecule has 5 heteroatoms. The molecule has 2 heterocycles. The number of nitrogens with zero attached hydrogens (tertiary/aromatic N) is 3. The molecule has 0 saturated carbocycles. The van der Waals surface area contributed by atoms with E-state index in [1.165, 1.54) is 17.3 Å². The lowest BCUT2D eigenvalue weighted by Gasteiger charge is -2.00. The number of hydrogen-bond donors (Lipinski definition) is 0. The molecule has 0 radical (unpaired) electrons. The Balaban J connectivity index is 1.79. The highest BCUT2D eigenvalue weighted by molar-refractivity contribution is 8.01. The predicted octanol–water partition coefficient (Wildman–Crippen LogP) is 2.72. The quantitative estimate of drug-likeness (QED) is 0.842. The van der Waals surface area contributed by atoms with E-state index in [2.05, 4.69) is 29.3 Å². The highest BCUT2D eigenvalue weighted by Crippen LogP contribution is 2.32. The number of aryl methyl sites for hydroxylation is 2. The summed E-state index contributed by atoms with van der Waals surface area (Å²) >= 11 is 1.44. The Morgan fingerprint density at radius 2 is 1.95 bits per heavy atom. The van der Waals surface area contributed by atoms with Gasteiger partial charge in [0, 0.05) is 0 Å². The molecule has 1 aromatic heterocycles. The summed E-state index contributed by atoms with van der Waals surface area (Å²) in [7, 11) is 0. The zero-order chi connectivity index (χ0) is 13.4. The minimum atomic E-state index is -0.203. The van der Waals surface area contributed by atoms with E-state index in [-0.39, 0.29) is 11.2 Å². The second-order valence-corrected chi connectivity index (χ2v) is 5.62. The Labute approximate surface area is 115 Å². The number of fused-ring (bicyclic) bond motifs is 1. The Hall–Kier alpha value is -1.88. The van der Waals surface area contributed by atoms with Crippen LogP contribution in [0.25, 0.3) is 6.08 Å². The molecule has 0 aliphatic carbocycles. The van der Waals surface area contributed by atoms with Crippen LogP contribution in [0.3, 0.4) is 0 Å². The van der Waals surface area contributed by atoms with Crippen LogP contribution in [0, 0.1) is 13.8 Å². The Kier molecular flexibility index (Phi) is 2.98. The fourth-order valence-electron chi connectivity index (χ4n) is 1.96. The van der Waals surface area contributed by atoms with Crippen molar-refractivity contribution < 1.29 is 4.79 Å². The van der Waals surface area contributed by atoms with E-state index in [0.717, 1.165) is 5.56 Å². The Morgan fingerprint density at radius 3 is 2.63 bits per heavy atom. The van der Waals surface area contributed by atoms with Crippen molar-refractivity contribution in [3.8, 4) is 0 Å². The van der Waals surface area contributed by atoms with Crippen LogP contribution in [0.15, 0.2) is 35.5 Å². The van der Waals surface area contributed by atoms with Crippen molar-refractivity contribution in [3.05, 3.63) is 47.3 Å². The number of thioether (sulfide) groups is 1. The Bertz CT molecular complexity index is 658. The first-order valence-corrected chi connectivity index (χ1v) is 6.91. The molecule has 0 N–H and O–H groups in total. The SMILES string of the molecule is Cc1ccc(/C=C\C2Sc3nnc(C)n3C2=O)cc1. The maximum atomic E-state index is 12.2. The van der Waals surface area contributed by atoms with E-state index < -0.39 is 0 Å². The van der Waals surface area contributed by atoms with Gasteiger partial charge in [0.15, 0.2) is 5.16 Å².